The standard InChI is InChI=1S/C14H24N2O2/c1-13(2)18-14(17)8-6-4-3-5-7-10-16-11-9-15-12-16/h9,11-13H,3-8,10H2,1-2H3. The van der Waals surface area contributed by atoms with Crippen molar-refractivity contribution in [1.29, 1.82) is 0 Å². The highest BCUT2D eigenvalue weighted by atomic mass is 16.5. The minimum absolute atomic E-state index is 0.00711. The Balaban J connectivity index is 1.88. The lowest BCUT2D eigenvalue weighted by Crippen LogP contribution is -2.10. The van der Waals surface area contributed by atoms with Crippen molar-refractivity contribution >= 4 is 5.97 Å². The number of nitrogens with zero attached hydrogens (tertiary/aromatic N) is 2. The molecule has 1 aromatic heterocycles. The Morgan fingerprint density at radius 3 is 2.61 bits per heavy atom. The van der Waals surface area contributed by atoms with Crippen LogP contribution in [0.3, 0.4) is 0 Å². The van der Waals surface area contributed by atoms with Crippen LogP contribution in [0, 0.1) is 0 Å². The lowest BCUT2D eigenvalue weighted by molar-refractivity contribution is -0.147. The number of aryl methyl sites for hydroxylation is 1. The largest absolute Gasteiger partial charge is 0.463 e. The summed E-state index contributed by atoms with van der Waals surface area (Å²) in [6.07, 6.45) is 11.8. The number of unbranched alkanes of at least 4 members (excludes halogenated alkanes) is 4. The normalized spacial score (nSPS) is 10.8. The number of aromatic nitrogens is 2. The van der Waals surface area contributed by atoms with Crippen LogP contribution in [-0.2, 0) is 16.1 Å². The fraction of sp³-hybridized carbons (Fsp3) is 0.714. The lowest BCUT2D eigenvalue weighted by Gasteiger charge is -2.07. The number of carbonyl (C=O) groups is 1. The predicted octanol–water partition coefficient (Wildman–Crippen LogP) is 3.18. The van der Waals surface area contributed by atoms with Gasteiger partial charge in [0.25, 0.3) is 0 Å². The summed E-state index contributed by atoms with van der Waals surface area (Å²) in [6, 6.07) is 0. The third-order valence-electron chi connectivity index (χ3n) is 2.72. The van der Waals surface area contributed by atoms with E-state index < -0.39 is 0 Å². The van der Waals surface area contributed by atoms with Crippen molar-refractivity contribution in [2.75, 3.05) is 0 Å². The maximum atomic E-state index is 11.3. The number of hydrogen-bond donors (Lipinski definition) is 0. The summed E-state index contributed by atoms with van der Waals surface area (Å²) in [4.78, 5) is 15.3. The van der Waals surface area contributed by atoms with E-state index in [2.05, 4.69) is 9.55 Å². The quantitative estimate of drug-likeness (QED) is 0.501. The number of carbonyl (C=O) groups excluding carboxylic acids is 1. The number of ether oxygens (including phenoxy) is 1. The molecule has 0 bridgehead atoms. The molecule has 0 aliphatic carbocycles. The van der Waals surface area contributed by atoms with Gasteiger partial charge in [0.1, 0.15) is 0 Å². The first-order valence-corrected chi connectivity index (χ1v) is 6.83. The molecule has 0 N–H and O–H groups in total. The predicted molar refractivity (Wildman–Crippen MR) is 71.2 cm³/mol. The second-order valence-corrected chi connectivity index (χ2v) is 4.86. The van der Waals surface area contributed by atoms with Gasteiger partial charge in [0.05, 0.1) is 12.4 Å². The van der Waals surface area contributed by atoms with Crippen molar-refractivity contribution in [3.8, 4) is 0 Å². The van der Waals surface area contributed by atoms with E-state index in [4.69, 9.17) is 4.74 Å². The molecule has 1 heterocycles. The summed E-state index contributed by atoms with van der Waals surface area (Å²) in [6.45, 7) is 4.80. The molecule has 0 aliphatic rings. The second-order valence-electron chi connectivity index (χ2n) is 4.86. The first-order chi connectivity index (χ1) is 8.68. The van der Waals surface area contributed by atoms with E-state index in [0.717, 1.165) is 19.4 Å². The molecule has 0 saturated carbocycles. The molecular weight excluding hydrogens is 228 g/mol. The van der Waals surface area contributed by atoms with Crippen LogP contribution < -0.4 is 0 Å². The third kappa shape index (κ3) is 7.09. The van der Waals surface area contributed by atoms with Crippen molar-refractivity contribution in [3.05, 3.63) is 18.7 Å². The van der Waals surface area contributed by atoms with Gasteiger partial charge in [0.15, 0.2) is 0 Å². The zero-order valence-corrected chi connectivity index (χ0v) is 11.5. The zero-order chi connectivity index (χ0) is 13.2. The van der Waals surface area contributed by atoms with Gasteiger partial charge in [0, 0.05) is 25.4 Å². The van der Waals surface area contributed by atoms with Gasteiger partial charge in [-0.05, 0) is 26.7 Å². The van der Waals surface area contributed by atoms with E-state index in [1.165, 1.54) is 19.3 Å². The van der Waals surface area contributed by atoms with Crippen molar-refractivity contribution in [1.82, 2.24) is 9.55 Å². The zero-order valence-electron chi connectivity index (χ0n) is 11.5. The molecule has 0 spiro atoms. The summed E-state index contributed by atoms with van der Waals surface area (Å²) in [5.41, 5.74) is 0. The fourth-order valence-electron chi connectivity index (χ4n) is 1.83. The summed E-state index contributed by atoms with van der Waals surface area (Å²) in [5.74, 6) is -0.0663. The van der Waals surface area contributed by atoms with Gasteiger partial charge >= 0.3 is 5.97 Å². The molecule has 18 heavy (non-hydrogen) atoms. The third-order valence-corrected chi connectivity index (χ3v) is 2.72. The van der Waals surface area contributed by atoms with Crippen molar-refractivity contribution in [2.45, 2.75) is 65.0 Å². The van der Waals surface area contributed by atoms with Crippen LogP contribution in [0.15, 0.2) is 18.7 Å². The van der Waals surface area contributed by atoms with Crippen LogP contribution in [-0.4, -0.2) is 21.6 Å². The minimum Gasteiger partial charge on any atom is -0.463 e. The minimum atomic E-state index is -0.0663. The maximum absolute atomic E-state index is 11.3. The van der Waals surface area contributed by atoms with Gasteiger partial charge in [0.2, 0.25) is 0 Å². The van der Waals surface area contributed by atoms with Gasteiger partial charge in [-0.3, -0.25) is 4.79 Å². The first-order valence-electron chi connectivity index (χ1n) is 6.83. The Bertz CT molecular complexity index is 321. The van der Waals surface area contributed by atoms with E-state index in [1.54, 1.807) is 6.20 Å². The van der Waals surface area contributed by atoms with E-state index >= 15 is 0 Å². The molecule has 0 atom stereocenters. The number of rotatable bonds is 9. The molecule has 0 saturated heterocycles. The van der Waals surface area contributed by atoms with Gasteiger partial charge < -0.3 is 9.30 Å². The second kappa shape index (κ2) is 8.72. The monoisotopic (exact) mass is 252 g/mol. The highest BCUT2D eigenvalue weighted by Gasteiger charge is 2.04. The molecule has 0 fully saturated rings. The molecule has 0 aliphatic heterocycles. The Kier molecular flexibility index (Phi) is 7.14. The molecule has 0 unspecified atom stereocenters. The average molecular weight is 252 g/mol. The molecule has 102 valence electrons. The van der Waals surface area contributed by atoms with Gasteiger partial charge in [-0.15, -0.1) is 0 Å². The Morgan fingerprint density at radius 2 is 1.94 bits per heavy atom. The topological polar surface area (TPSA) is 44.1 Å². The molecule has 4 heteroatoms. The van der Waals surface area contributed by atoms with Crippen LogP contribution >= 0.6 is 0 Å². The highest BCUT2D eigenvalue weighted by molar-refractivity contribution is 5.69. The van der Waals surface area contributed by atoms with Crippen molar-refractivity contribution < 1.29 is 9.53 Å². The molecule has 1 aromatic rings. The van der Waals surface area contributed by atoms with Crippen LogP contribution in [0.2, 0.25) is 0 Å². The van der Waals surface area contributed by atoms with Crippen LogP contribution in [0.25, 0.3) is 0 Å². The fourth-order valence-corrected chi connectivity index (χ4v) is 1.83. The van der Waals surface area contributed by atoms with Crippen LogP contribution in [0.5, 0.6) is 0 Å². The Hall–Kier alpha value is -1.32. The van der Waals surface area contributed by atoms with Crippen molar-refractivity contribution in [3.63, 3.8) is 0 Å². The summed E-state index contributed by atoms with van der Waals surface area (Å²) in [7, 11) is 0. The van der Waals surface area contributed by atoms with Gasteiger partial charge in [-0.1, -0.05) is 19.3 Å². The average Bonchev–Trinajstić information content (AvgIpc) is 2.79. The van der Waals surface area contributed by atoms with Crippen LogP contribution in [0.4, 0.5) is 0 Å². The molecule has 1 rings (SSSR count). The van der Waals surface area contributed by atoms with Gasteiger partial charge in [-0.2, -0.15) is 0 Å². The number of esters is 1. The number of imidazole rings is 1. The highest BCUT2D eigenvalue weighted by Crippen LogP contribution is 2.07. The summed E-state index contributed by atoms with van der Waals surface area (Å²) < 4.78 is 7.17. The molecule has 0 amide bonds. The SMILES string of the molecule is CC(C)OC(=O)CCCCCCCn1ccnc1. The maximum Gasteiger partial charge on any atom is 0.306 e. The van der Waals surface area contributed by atoms with Gasteiger partial charge in [-0.25, -0.2) is 4.98 Å². The number of hydrogen-bond acceptors (Lipinski definition) is 3. The molecule has 0 aromatic carbocycles. The Morgan fingerprint density at radius 1 is 1.22 bits per heavy atom. The summed E-state index contributed by atoms with van der Waals surface area (Å²) >= 11 is 0. The van der Waals surface area contributed by atoms with Crippen molar-refractivity contribution in [2.24, 2.45) is 0 Å². The Labute approximate surface area is 109 Å². The van der Waals surface area contributed by atoms with Crippen LogP contribution in [0.1, 0.15) is 52.4 Å². The summed E-state index contributed by atoms with van der Waals surface area (Å²) in [5, 5.41) is 0. The van der Waals surface area contributed by atoms with E-state index in [0.29, 0.717) is 6.42 Å². The molecule has 0 radical (unpaired) electrons. The smallest absolute Gasteiger partial charge is 0.306 e. The molecule has 4 nitrogen and oxygen atoms in total. The van der Waals surface area contributed by atoms with E-state index in [9.17, 15) is 4.79 Å². The first kappa shape index (κ1) is 14.7. The van der Waals surface area contributed by atoms with E-state index in [1.807, 2.05) is 26.4 Å². The van der Waals surface area contributed by atoms with E-state index in [-0.39, 0.29) is 12.1 Å². The molecular formula is C14H24N2O2. The lowest BCUT2D eigenvalue weighted by atomic mass is 10.1.